The maximum atomic E-state index is 13.0. The van der Waals surface area contributed by atoms with Crippen LogP contribution >= 0.6 is 0 Å². The molecule has 0 aliphatic heterocycles. The quantitative estimate of drug-likeness (QED) is 0.884. The van der Waals surface area contributed by atoms with Gasteiger partial charge in [0, 0.05) is 12.7 Å². The van der Waals surface area contributed by atoms with Crippen molar-refractivity contribution in [3.05, 3.63) is 52.6 Å². The van der Waals surface area contributed by atoms with E-state index in [1.54, 1.807) is 25.6 Å². The van der Waals surface area contributed by atoms with Crippen molar-refractivity contribution < 1.29 is 19.1 Å². The molecule has 0 fully saturated rings. The Morgan fingerprint density at radius 1 is 1.30 bits per heavy atom. The maximum Gasteiger partial charge on any atom is 0.305 e. The van der Waals surface area contributed by atoms with E-state index in [-0.39, 0.29) is 6.42 Å². The van der Waals surface area contributed by atoms with Crippen LogP contribution < -0.4 is 5.32 Å². The Balaban J connectivity index is 2.28. The number of carbonyl (C=O) groups is 2. The number of hydrogen-bond donors (Lipinski definition) is 2. The third-order valence-electron chi connectivity index (χ3n) is 3.69. The van der Waals surface area contributed by atoms with Gasteiger partial charge in [-0.2, -0.15) is 5.10 Å². The minimum absolute atomic E-state index is 0.296. The van der Waals surface area contributed by atoms with Crippen molar-refractivity contribution >= 4 is 11.9 Å². The predicted molar refractivity (Wildman–Crippen MR) is 81.5 cm³/mol. The van der Waals surface area contributed by atoms with Gasteiger partial charge in [-0.15, -0.1) is 0 Å². The molecule has 23 heavy (non-hydrogen) atoms. The third-order valence-corrected chi connectivity index (χ3v) is 3.69. The Morgan fingerprint density at radius 3 is 2.39 bits per heavy atom. The Labute approximate surface area is 132 Å². The molecular weight excluding hydrogens is 301 g/mol. The summed E-state index contributed by atoms with van der Waals surface area (Å²) in [6.07, 6.45) is -0.296. The molecular formula is C16H18FN3O3. The molecule has 0 saturated heterocycles. The van der Waals surface area contributed by atoms with Crippen molar-refractivity contribution in [2.24, 2.45) is 7.05 Å². The van der Waals surface area contributed by atoms with Crippen molar-refractivity contribution in [2.75, 3.05) is 0 Å². The number of aryl methyl sites for hydroxylation is 2. The van der Waals surface area contributed by atoms with Crippen LogP contribution in [0.1, 0.15) is 39.8 Å². The minimum atomic E-state index is -1.06. The summed E-state index contributed by atoms with van der Waals surface area (Å²) in [6, 6.07) is 4.64. The monoisotopic (exact) mass is 319 g/mol. The molecule has 2 rings (SSSR count). The number of carboxylic acids is 1. The molecule has 1 aromatic heterocycles. The summed E-state index contributed by atoms with van der Waals surface area (Å²) in [5.41, 5.74) is 2.20. The molecule has 0 radical (unpaired) electrons. The topological polar surface area (TPSA) is 84.2 Å². The Hall–Kier alpha value is -2.70. The van der Waals surface area contributed by atoms with Gasteiger partial charge in [-0.25, -0.2) is 4.39 Å². The van der Waals surface area contributed by atoms with Gasteiger partial charge in [0.15, 0.2) is 0 Å². The summed E-state index contributed by atoms with van der Waals surface area (Å²) in [4.78, 5) is 23.6. The number of hydrogen-bond acceptors (Lipinski definition) is 3. The highest BCUT2D eigenvalue weighted by Gasteiger charge is 2.23. The molecule has 1 atom stereocenters. The van der Waals surface area contributed by atoms with E-state index in [1.807, 2.05) is 0 Å². The number of aromatic nitrogens is 2. The number of amides is 1. The number of carbonyl (C=O) groups excluding carboxylic acids is 1. The zero-order valence-corrected chi connectivity index (χ0v) is 13.1. The van der Waals surface area contributed by atoms with Crippen LogP contribution in [0.5, 0.6) is 0 Å². The molecule has 0 aliphatic rings. The van der Waals surface area contributed by atoms with Gasteiger partial charge in [0.05, 0.1) is 23.7 Å². The smallest absolute Gasteiger partial charge is 0.305 e. The lowest BCUT2D eigenvalue weighted by molar-refractivity contribution is -0.137. The minimum Gasteiger partial charge on any atom is -0.481 e. The lowest BCUT2D eigenvalue weighted by atomic mass is 10.0. The molecule has 0 saturated carbocycles. The average Bonchev–Trinajstić information content (AvgIpc) is 2.71. The lowest BCUT2D eigenvalue weighted by Gasteiger charge is -2.17. The van der Waals surface area contributed by atoms with Crippen LogP contribution in [-0.2, 0) is 11.8 Å². The van der Waals surface area contributed by atoms with E-state index in [4.69, 9.17) is 5.11 Å². The van der Waals surface area contributed by atoms with Gasteiger partial charge < -0.3 is 10.4 Å². The highest BCUT2D eigenvalue weighted by Crippen LogP contribution is 2.20. The van der Waals surface area contributed by atoms with Gasteiger partial charge in [-0.05, 0) is 31.5 Å². The highest BCUT2D eigenvalue weighted by molar-refractivity contribution is 5.96. The summed E-state index contributed by atoms with van der Waals surface area (Å²) in [7, 11) is 1.73. The van der Waals surface area contributed by atoms with Gasteiger partial charge in [-0.1, -0.05) is 12.1 Å². The van der Waals surface area contributed by atoms with Crippen molar-refractivity contribution in [1.82, 2.24) is 15.1 Å². The second-order valence-electron chi connectivity index (χ2n) is 5.34. The number of aliphatic carboxylic acids is 1. The Kier molecular flexibility index (Phi) is 4.78. The van der Waals surface area contributed by atoms with E-state index in [9.17, 15) is 14.0 Å². The van der Waals surface area contributed by atoms with E-state index < -0.39 is 23.7 Å². The molecule has 7 heteroatoms. The Morgan fingerprint density at radius 2 is 1.91 bits per heavy atom. The summed E-state index contributed by atoms with van der Waals surface area (Å²) >= 11 is 0. The number of benzene rings is 1. The van der Waals surface area contributed by atoms with Crippen LogP contribution in [-0.4, -0.2) is 26.8 Å². The second-order valence-corrected chi connectivity index (χ2v) is 5.34. The number of nitrogens with one attached hydrogen (secondary N) is 1. The molecule has 1 heterocycles. The van der Waals surface area contributed by atoms with Crippen molar-refractivity contribution in [2.45, 2.75) is 26.3 Å². The molecule has 0 spiro atoms. The molecule has 0 aliphatic carbocycles. The van der Waals surface area contributed by atoms with Crippen LogP contribution in [0.3, 0.4) is 0 Å². The second kappa shape index (κ2) is 6.60. The standard InChI is InChI=1S/C16H18FN3O3/c1-9-15(10(2)20(3)19-9)16(23)18-13(8-14(21)22)11-4-6-12(17)7-5-11/h4-7,13H,8H2,1-3H3,(H,18,23)(H,21,22). The maximum absolute atomic E-state index is 13.0. The van der Waals surface area contributed by atoms with Crippen LogP contribution in [0, 0.1) is 19.7 Å². The molecule has 1 amide bonds. The molecule has 1 unspecified atom stereocenters. The molecule has 6 nitrogen and oxygen atoms in total. The fraction of sp³-hybridized carbons (Fsp3) is 0.312. The van der Waals surface area contributed by atoms with Gasteiger partial charge in [0.25, 0.3) is 5.91 Å². The number of rotatable bonds is 5. The van der Waals surface area contributed by atoms with Gasteiger partial charge in [0.1, 0.15) is 5.82 Å². The number of carboxylic acid groups (broad SMARTS) is 1. The first-order valence-corrected chi connectivity index (χ1v) is 7.08. The number of nitrogens with zero attached hydrogens (tertiary/aromatic N) is 2. The van der Waals surface area contributed by atoms with E-state index in [0.717, 1.165) is 0 Å². The lowest BCUT2D eigenvalue weighted by Crippen LogP contribution is -2.31. The summed E-state index contributed by atoms with van der Waals surface area (Å²) in [5, 5.41) is 15.9. The molecule has 2 aromatic rings. The summed E-state index contributed by atoms with van der Waals surface area (Å²) in [5.74, 6) is -1.88. The number of halogens is 1. The normalized spacial score (nSPS) is 12.0. The first-order valence-electron chi connectivity index (χ1n) is 7.08. The van der Waals surface area contributed by atoms with Crippen molar-refractivity contribution in [3.8, 4) is 0 Å². The van der Waals surface area contributed by atoms with Gasteiger partial charge in [0.2, 0.25) is 0 Å². The fourth-order valence-corrected chi connectivity index (χ4v) is 2.45. The SMILES string of the molecule is Cc1nn(C)c(C)c1C(=O)NC(CC(=O)O)c1ccc(F)cc1. The van der Waals surface area contributed by atoms with Crippen LogP contribution in [0.4, 0.5) is 4.39 Å². The van der Waals surface area contributed by atoms with Crippen LogP contribution in [0.2, 0.25) is 0 Å². The predicted octanol–water partition coefficient (Wildman–Crippen LogP) is 2.12. The summed E-state index contributed by atoms with van der Waals surface area (Å²) < 4.78 is 14.6. The average molecular weight is 319 g/mol. The molecule has 2 N–H and O–H groups in total. The Bertz CT molecular complexity index is 738. The van der Waals surface area contributed by atoms with E-state index in [2.05, 4.69) is 10.4 Å². The van der Waals surface area contributed by atoms with E-state index >= 15 is 0 Å². The molecule has 0 bridgehead atoms. The first kappa shape index (κ1) is 16.7. The van der Waals surface area contributed by atoms with Crippen LogP contribution in [0.15, 0.2) is 24.3 Å². The van der Waals surface area contributed by atoms with E-state index in [0.29, 0.717) is 22.5 Å². The van der Waals surface area contributed by atoms with E-state index in [1.165, 1.54) is 24.3 Å². The molecule has 1 aromatic carbocycles. The third kappa shape index (κ3) is 3.74. The van der Waals surface area contributed by atoms with Crippen molar-refractivity contribution in [3.63, 3.8) is 0 Å². The molecule has 122 valence electrons. The zero-order chi connectivity index (χ0) is 17.1. The zero-order valence-electron chi connectivity index (χ0n) is 13.1. The van der Waals surface area contributed by atoms with Crippen molar-refractivity contribution in [1.29, 1.82) is 0 Å². The van der Waals surface area contributed by atoms with Gasteiger partial charge in [-0.3, -0.25) is 14.3 Å². The highest BCUT2D eigenvalue weighted by atomic mass is 19.1. The summed E-state index contributed by atoms with van der Waals surface area (Å²) in [6.45, 7) is 3.48. The fourth-order valence-electron chi connectivity index (χ4n) is 2.45. The van der Waals surface area contributed by atoms with Gasteiger partial charge >= 0.3 is 5.97 Å². The largest absolute Gasteiger partial charge is 0.481 e. The first-order chi connectivity index (χ1) is 10.8. The van der Waals surface area contributed by atoms with Crippen LogP contribution in [0.25, 0.3) is 0 Å².